The van der Waals surface area contributed by atoms with Gasteiger partial charge in [0.2, 0.25) is 0 Å². The van der Waals surface area contributed by atoms with E-state index in [1.54, 1.807) is 0 Å². The first-order chi connectivity index (χ1) is 10.6. The Labute approximate surface area is 127 Å². The molecule has 0 aromatic heterocycles. The molecule has 0 aliphatic carbocycles. The fraction of sp³-hybridized carbons (Fsp3) is 1.00. The van der Waals surface area contributed by atoms with E-state index < -0.39 is 50.2 Å². The van der Waals surface area contributed by atoms with Gasteiger partial charge >= 0.3 is 43.9 Å². The molecule has 0 radical (unpaired) electrons. The fourth-order valence-electron chi connectivity index (χ4n) is 1.08. The van der Waals surface area contributed by atoms with Crippen LogP contribution >= 0.6 is 7.82 Å². The molecule has 0 aliphatic rings. The van der Waals surface area contributed by atoms with E-state index in [1.165, 1.54) is 0 Å². The molecule has 0 aliphatic heterocycles. The summed E-state index contributed by atoms with van der Waals surface area (Å²) in [7, 11) is -6.42. The quantitative estimate of drug-likeness (QED) is 0.454. The van der Waals surface area contributed by atoms with Crippen LogP contribution in [0.2, 0.25) is 0 Å². The van der Waals surface area contributed by atoms with Gasteiger partial charge in [0.25, 0.3) is 6.36 Å². The molecular weight excluding hydrogens is 426 g/mol. The summed E-state index contributed by atoms with van der Waals surface area (Å²) in [5, 5.41) is 0. The first kappa shape index (κ1) is 24.2. The van der Waals surface area contributed by atoms with E-state index in [-0.39, 0.29) is 0 Å². The Hall–Kier alpha value is -0.800. The monoisotopic (exact) mass is 430 g/mol. The molecule has 0 saturated carbocycles. The first-order valence-corrected chi connectivity index (χ1v) is 6.65. The number of hydrogen-bond acceptors (Lipinski definition) is 2. The molecule has 0 spiro atoms. The van der Waals surface area contributed by atoms with Crippen molar-refractivity contribution in [1.82, 2.24) is 0 Å². The van der Waals surface area contributed by atoms with Gasteiger partial charge in [-0.1, -0.05) is 0 Å². The molecule has 25 heavy (non-hydrogen) atoms. The average Bonchev–Trinajstić information content (AvgIpc) is 2.35. The van der Waals surface area contributed by atoms with Gasteiger partial charge < -0.3 is 9.79 Å². The van der Waals surface area contributed by atoms with E-state index in [4.69, 9.17) is 9.79 Å². The summed E-state index contributed by atoms with van der Waals surface area (Å²) in [6.45, 7) is 0. The highest BCUT2D eigenvalue weighted by Gasteiger charge is 2.89. The van der Waals surface area contributed by atoms with E-state index >= 15 is 0 Å². The lowest BCUT2D eigenvalue weighted by Gasteiger charge is -2.39. The van der Waals surface area contributed by atoms with Crippen molar-refractivity contribution in [3.8, 4) is 0 Å². The predicted octanol–water partition coefficient (Wildman–Crippen LogP) is 3.83. The SMILES string of the molecule is O=P(O)(O)OC(F)C(F)(F)C(F)(F)C(F)(F)C(F)(F)C(F)(F)C(F)F. The Morgan fingerprint density at radius 2 is 1.00 bits per heavy atom. The van der Waals surface area contributed by atoms with Crippen LogP contribution in [0.1, 0.15) is 0 Å². The van der Waals surface area contributed by atoms with Crippen LogP contribution in [0, 0.1) is 0 Å². The van der Waals surface area contributed by atoms with Gasteiger partial charge in [0, 0.05) is 0 Å². The van der Waals surface area contributed by atoms with Crippen LogP contribution < -0.4 is 0 Å². The minimum atomic E-state index is -8.02. The summed E-state index contributed by atoms with van der Waals surface area (Å²) in [6.07, 6.45) is -11.1. The van der Waals surface area contributed by atoms with Crippen LogP contribution in [-0.4, -0.2) is 52.2 Å². The summed E-state index contributed by atoms with van der Waals surface area (Å²) < 4.78 is 176. The number of rotatable bonds is 8. The van der Waals surface area contributed by atoms with Crippen molar-refractivity contribution in [3.05, 3.63) is 0 Å². The smallest absolute Gasteiger partial charge is 0.303 e. The largest absolute Gasteiger partial charge is 0.472 e. The molecule has 4 nitrogen and oxygen atoms in total. The van der Waals surface area contributed by atoms with Gasteiger partial charge in [-0.15, -0.1) is 0 Å². The maximum absolute atomic E-state index is 13.0. The number of hydrogen-bond donors (Lipinski definition) is 2. The molecule has 18 heteroatoms. The minimum absolute atomic E-state index is 2.29. The Balaban J connectivity index is 6.16. The summed E-state index contributed by atoms with van der Waals surface area (Å²) in [6, 6.07) is 0. The molecule has 1 unspecified atom stereocenters. The summed E-state index contributed by atoms with van der Waals surface area (Å²) in [5.74, 6) is -38.3. The second kappa shape index (κ2) is 6.42. The lowest BCUT2D eigenvalue weighted by Crippen LogP contribution is -2.70. The third kappa shape index (κ3) is 3.83. The van der Waals surface area contributed by atoms with Gasteiger partial charge in [0.1, 0.15) is 0 Å². The van der Waals surface area contributed by atoms with Gasteiger partial charge in [-0.3, -0.25) is 0 Å². The molecule has 1 atom stereocenters. The standard InChI is InChI=1S/C7H4F13O4P/c8-1(9)3(11,12)5(15,16)7(19,20)6(17,18)4(13,14)2(10)24-25(21,22)23/h1-2H,(H2,21,22,23). The van der Waals surface area contributed by atoms with Crippen LogP contribution in [0.4, 0.5) is 57.1 Å². The van der Waals surface area contributed by atoms with Crippen LogP contribution in [0.15, 0.2) is 0 Å². The van der Waals surface area contributed by atoms with Crippen LogP contribution in [-0.2, 0) is 9.09 Å². The van der Waals surface area contributed by atoms with Gasteiger partial charge in [-0.05, 0) is 0 Å². The molecule has 0 fully saturated rings. The predicted molar refractivity (Wildman–Crippen MR) is 48.8 cm³/mol. The molecule has 0 aromatic rings. The molecule has 0 heterocycles. The van der Waals surface area contributed by atoms with Gasteiger partial charge in [0.05, 0.1) is 0 Å². The van der Waals surface area contributed by atoms with Crippen molar-refractivity contribution in [3.63, 3.8) is 0 Å². The van der Waals surface area contributed by atoms with Crippen molar-refractivity contribution < 1.29 is 76.0 Å². The molecular formula is C7H4F13O4P. The molecule has 0 bridgehead atoms. The van der Waals surface area contributed by atoms with Gasteiger partial charge in [-0.25, -0.2) is 22.3 Å². The van der Waals surface area contributed by atoms with Crippen molar-refractivity contribution in [1.29, 1.82) is 0 Å². The molecule has 0 rings (SSSR count). The number of phosphoric acid groups is 1. The Morgan fingerprint density at radius 1 is 0.680 bits per heavy atom. The van der Waals surface area contributed by atoms with E-state index in [1.807, 2.05) is 0 Å². The minimum Gasteiger partial charge on any atom is -0.303 e. The van der Waals surface area contributed by atoms with E-state index in [0.29, 0.717) is 0 Å². The normalized spacial score (nSPS) is 17.1. The van der Waals surface area contributed by atoms with Crippen LogP contribution in [0.5, 0.6) is 0 Å². The van der Waals surface area contributed by atoms with Gasteiger partial charge in [-0.2, -0.15) is 43.9 Å². The zero-order chi connectivity index (χ0) is 20.9. The zero-order valence-corrected chi connectivity index (χ0v) is 11.6. The highest BCUT2D eigenvalue weighted by Crippen LogP contribution is 2.59. The van der Waals surface area contributed by atoms with Crippen LogP contribution in [0.3, 0.4) is 0 Å². The second-order valence-electron chi connectivity index (χ2n) is 4.18. The van der Waals surface area contributed by atoms with E-state index in [0.717, 1.165) is 0 Å². The van der Waals surface area contributed by atoms with E-state index in [9.17, 15) is 61.6 Å². The lowest BCUT2D eigenvalue weighted by molar-refractivity contribution is -0.424. The summed E-state index contributed by atoms with van der Waals surface area (Å²) in [4.78, 5) is 15.8. The van der Waals surface area contributed by atoms with Crippen molar-refractivity contribution in [2.24, 2.45) is 0 Å². The highest BCUT2D eigenvalue weighted by atomic mass is 31.2. The van der Waals surface area contributed by atoms with Crippen molar-refractivity contribution in [2.45, 2.75) is 42.4 Å². The Morgan fingerprint density at radius 3 is 1.28 bits per heavy atom. The maximum atomic E-state index is 13.0. The second-order valence-corrected chi connectivity index (χ2v) is 5.37. The molecule has 0 amide bonds. The van der Waals surface area contributed by atoms with Crippen molar-refractivity contribution >= 4 is 7.82 Å². The molecule has 152 valence electrons. The molecule has 0 saturated heterocycles. The molecule has 0 aromatic carbocycles. The summed E-state index contributed by atoms with van der Waals surface area (Å²) in [5.41, 5.74) is 0. The summed E-state index contributed by atoms with van der Waals surface area (Å²) >= 11 is 0. The van der Waals surface area contributed by atoms with Gasteiger partial charge in [0.15, 0.2) is 0 Å². The fourth-order valence-corrected chi connectivity index (χ4v) is 1.46. The van der Waals surface area contributed by atoms with E-state index in [2.05, 4.69) is 4.52 Å². The number of phosphoric ester groups is 1. The average molecular weight is 430 g/mol. The third-order valence-electron chi connectivity index (χ3n) is 2.41. The zero-order valence-electron chi connectivity index (χ0n) is 10.7. The Bertz CT molecular complexity index is 528. The topological polar surface area (TPSA) is 66.8 Å². The number of alkyl halides is 13. The lowest BCUT2D eigenvalue weighted by atomic mass is 9.94. The number of halogens is 13. The highest BCUT2D eigenvalue weighted by molar-refractivity contribution is 7.46. The molecule has 2 N–H and O–H groups in total. The van der Waals surface area contributed by atoms with Crippen LogP contribution in [0.25, 0.3) is 0 Å². The third-order valence-corrected chi connectivity index (χ3v) is 2.87. The van der Waals surface area contributed by atoms with Crippen molar-refractivity contribution in [2.75, 3.05) is 0 Å². The maximum Gasteiger partial charge on any atom is 0.472 e. The Kier molecular flexibility index (Phi) is 6.22. The first-order valence-electron chi connectivity index (χ1n) is 5.12.